The van der Waals surface area contributed by atoms with Crippen LogP contribution in [0.15, 0.2) is 54.7 Å². The Morgan fingerprint density at radius 3 is 2.42 bits per heavy atom. The maximum Gasteiger partial charge on any atom is 0.0594 e. The topological polar surface area (TPSA) is 28.6 Å². The van der Waals surface area contributed by atoms with Crippen molar-refractivity contribution >= 4 is 0 Å². The first-order chi connectivity index (χ1) is 12.6. The fourth-order valence-electron chi connectivity index (χ4n) is 3.75. The molecule has 1 saturated heterocycles. The van der Waals surface area contributed by atoms with E-state index in [4.69, 9.17) is 4.74 Å². The number of morpholine rings is 1. The lowest BCUT2D eigenvalue weighted by Crippen LogP contribution is -2.45. The Bertz CT molecular complexity index is 597. The number of rotatable bonds is 8. The first-order valence-corrected chi connectivity index (χ1v) is 9.57. The lowest BCUT2D eigenvalue weighted by Gasteiger charge is -2.38. The van der Waals surface area contributed by atoms with E-state index in [1.165, 1.54) is 5.56 Å². The Balaban J connectivity index is 1.67. The zero-order valence-corrected chi connectivity index (χ0v) is 16.1. The third kappa shape index (κ3) is 6.20. The third-order valence-corrected chi connectivity index (χ3v) is 4.77. The summed E-state index contributed by atoms with van der Waals surface area (Å²) in [6.45, 7) is 12.5. The molecule has 4 nitrogen and oxygen atoms in total. The van der Waals surface area contributed by atoms with Crippen LogP contribution in [0.4, 0.5) is 0 Å². The monoisotopic (exact) mass is 353 g/mol. The van der Waals surface area contributed by atoms with Gasteiger partial charge >= 0.3 is 0 Å². The molecule has 0 aliphatic carbocycles. The van der Waals surface area contributed by atoms with E-state index in [2.05, 4.69) is 71.1 Å². The van der Waals surface area contributed by atoms with Gasteiger partial charge in [0.15, 0.2) is 0 Å². The van der Waals surface area contributed by atoms with E-state index in [-0.39, 0.29) is 5.41 Å². The molecule has 0 bridgehead atoms. The molecule has 1 aromatic carbocycles. The van der Waals surface area contributed by atoms with E-state index in [9.17, 15) is 0 Å². The number of pyridine rings is 1. The zero-order valence-electron chi connectivity index (χ0n) is 16.1. The Labute approximate surface area is 157 Å². The van der Waals surface area contributed by atoms with Crippen LogP contribution in [0.2, 0.25) is 0 Å². The Kier molecular flexibility index (Phi) is 6.78. The average Bonchev–Trinajstić information content (AvgIpc) is 2.63. The second-order valence-electron chi connectivity index (χ2n) is 8.00. The summed E-state index contributed by atoms with van der Waals surface area (Å²) in [6, 6.07) is 16.9. The SMILES string of the molecule is CC(C)(CN1CCOCC1)CN(Cc1ccccc1)Cc1ccccn1. The lowest BCUT2D eigenvalue weighted by atomic mass is 9.91. The molecule has 1 fully saturated rings. The van der Waals surface area contributed by atoms with Crippen LogP contribution in [-0.4, -0.2) is 54.2 Å². The standard InChI is InChI=1S/C22H31N3O/c1-22(2,18-24-12-14-26-15-13-24)19-25(16-20-8-4-3-5-9-20)17-21-10-6-7-11-23-21/h3-11H,12-19H2,1-2H3. The molecule has 2 aromatic rings. The van der Waals surface area contributed by atoms with Crippen LogP contribution in [0.3, 0.4) is 0 Å². The molecule has 0 unspecified atom stereocenters. The molecule has 0 saturated carbocycles. The molecule has 1 aliphatic heterocycles. The molecule has 0 N–H and O–H groups in total. The Morgan fingerprint density at radius 2 is 1.73 bits per heavy atom. The molecule has 0 radical (unpaired) electrons. The van der Waals surface area contributed by atoms with Crippen LogP contribution < -0.4 is 0 Å². The minimum absolute atomic E-state index is 0.209. The van der Waals surface area contributed by atoms with Gasteiger partial charge in [-0.05, 0) is 23.1 Å². The average molecular weight is 354 g/mol. The van der Waals surface area contributed by atoms with Gasteiger partial charge in [0.05, 0.1) is 18.9 Å². The predicted octanol–water partition coefficient (Wildman–Crippen LogP) is 3.44. The highest BCUT2D eigenvalue weighted by Gasteiger charge is 2.26. The Morgan fingerprint density at radius 1 is 1.00 bits per heavy atom. The second-order valence-corrected chi connectivity index (χ2v) is 8.00. The number of aromatic nitrogens is 1. The van der Waals surface area contributed by atoms with Crippen LogP contribution in [0, 0.1) is 5.41 Å². The largest absolute Gasteiger partial charge is 0.379 e. The summed E-state index contributed by atoms with van der Waals surface area (Å²) >= 11 is 0. The van der Waals surface area contributed by atoms with Crippen LogP contribution >= 0.6 is 0 Å². The number of nitrogens with zero attached hydrogens (tertiary/aromatic N) is 3. The van der Waals surface area contributed by atoms with Gasteiger partial charge in [-0.2, -0.15) is 0 Å². The molecular formula is C22H31N3O. The number of hydrogen-bond acceptors (Lipinski definition) is 4. The van der Waals surface area contributed by atoms with Crippen LogP contribution in [0.25, 0.3) is 0 Å². The van der Waals surface area contributed by atoms with Gasteiger partial charge in [0.2, 0.25) is 0 Å². The van der Waals surface area contributed by atoms with Crippen molar-refractivity contribution in [1.82, 2.24) is 14.8 Å². The molecule has 0 amide bonds. The van der Waals surface area contributed by atoms with Crippen molar-refractivity contribution in [1.29, 1.82) is 0 Å². The Hall–Kier alpha value is -1.75. The molecule has 1 aliphatic rings. The summed E-state index contributed by atoms with van der Waals surface area (Å²) in [5.74, 6) is 0. The van der Waals surface area contributed by atoms with E-state index in [1.807, 2.05) is 12.3 Å². The van der Waals surface area contributed by atoms with Crippen LogP contribution in [0.1, 0.15) is 25.1 Å². The summed E-state index contributed by atoms with van der Waals surface area (Å²) in [7, 11) is 0. The smallest absolute Gasteiger partial charge is 0.0594 e. The van der Waals surface area contributed by atoms with Crippen molar-refractivity contribution in [2.45, 2.75) is 26.9 Å². The van der Waals surface area contributed by atoms with Crippen molar-refractivity contribution in [3.63, 3.8) is 0 Å². The molecule has 3 rings (SSSR count). The molecule has 0 spiro atoms. The maximum absolute atomic E-state index is 5.49. The molecule has 140 valence electrons. The highest BCUT2D eigenvalue weighted by Crippen LogP contribution is 2.22. The van der Waals surface area contributed by atoms with Crippen molar-refractivity contribution in [2.75, 3.05) is 39.4 Å². The fourth-order valence-corrected chi connectivity index (χ4v) is 3.75. The number of ether oxygens (including phenoxy) is 1. The molecule has 1 aromatic heterocycles. The van der Waals surface area contributed by atoms with Crippen LogP contribution in [0.5, 0.6) is 0 Å². The summed E-state index contributed by atoms with van der Waals surface area (Å²) in [5.41, 5.74) is 2.69. The van der Waals surface area contributed by atoms with Crippen LogP contribution in [-0.2, 0) is 17.8 Å². The fraction of sp³-hybridized carbons (Fsp3) is 0.500. The second kappa shape index (κ2) is 9.26. The van der Waals surface area contributed by atoms with E-state index < -0.39 is 0 Å². The van der Waals surface area contributed by atoms with Gasteiger partial charge in [-0.25, -0.2) is 0 Å². The minimum atomic E-state index is 0.209. The first-order valence-electron chi connectivity index (χ1n) is 9.57. The molecular weight excluding hydrogens is 322 g/mol. The molecule has 26 heavy (non-hydrogen) atoms. The summed E-state index contributed by atoms with van der Waals surface area (Å²) in [4.78, 5) is 9.60. The van der Waals surface area contributed by atoms with E-state index in [0.29, 0.717) is 0 Å². The molecule has 4 heteroatoms. The van der Waals surface area contributed by atoms with Gasteiger partial charge in [0.25, 0.3) is 0 Å². The zero-order chi connectivity index (χ0) is 18.2. The van der Waals surface area contributed by atoms with Gasteiger partial charge < -0.3 is 4.74 Å². The maximum atomic E-state index is 5.49. The van der Waals surface area contributed by atoms with Crippen molar-refractivity contribution < 1.29 is 4.74 Å². The highest BCUT2D eigenvalue weighted by atomic mass is 16.5. The minimum Gasteiger partial charge on any atom is -0.379 e. The van der Waals surface area contributed by atoms with Crippen molar-refractivity contribution in [2.24, 2.45) is 5.41 Å². The lowest BCUT2D eigenvalue weighted by molar-refractivity contribution is 0.0138. The van der Waals surface area contributed by atoms with Gasteiger partial charge in [0.1, 0.15) is 0 Å². The molecule has 0 atom stereocenters. The summed E-state index contributed by atoms with van der Waals surface area (Å²) < 4.78 is 5.49. The number of benzene rings is 1. The summed E-state index contributed by atoms with van der Waals surface area (Å²) in [5, 5.41) is 0. The van der Waals surface area contributed by atoms with E-state index in [0.717, 1.165) is 58.2 Å². The van der Waals surface area contributed by atoms with Gasteiger partial charge in [-0.1, -0.05) is 50.2 Å². The highest BCUT2D eigenvalue weighted by molar-refractivity contribution is 5.15. The van der Waals surface area contributed by atoms with Crippen molar-refractivity contribution in [3.05, 3.63) is 66.0 Å². The third-order valence-electron chi connectivity index (χ3n) is 4.77. The van der Waals surface area contributed by atoms with Crippen molar-refractivity contribution in [3.8, 4) is 0 Å². The van der Waals surface area contributed by atoms with Gasteiger partial charge in [-0.3, -0.25) is 14.8 Å². The first kappa shape index (κ1) is 19.0. The normalized spacial score (nSPS) is 16.1. The quantitative estimate of drug-likeness (QED) is 0.727. The molecule has 2 heterocycles. The number of hydrogen-bond donors (Lipinski definition) is 0. The van der Waals surface area contributed by atoms with Gasteiger partial charge in [0, 0.05) is 45.5 Å². The predicted molar refractivity (Wildman–Crippen MR) is 106 cm³/mol. The van der Waals surface area contributed by atoms with E-state index in [1.54, 1.807) is 0 Å². The van der Waals surface area contributed by atoms with Gasteiger partial charge in [-0.15, -0.1) is 0 Å². The summed E-state index contributed by atoms with van der Waals surface area (Å²) in [6.07, 6.45) is 1.88. The van der Waals surface area contributed by atoms with E-state index >= 15 is 0 Å².